The summed E-state index contributed by atoms with van der Waals surface area (Å²) in [5.74, 6) is -1.32. The Hall–Kier alpha value is -3.16. The van der Waals surface area contributed by atoms with Gasteiger partial charge >= 0.3 is 6.18 Å². The van der Waals surface area contributed by atoms with E-state index in [-0.39, 0.29) is 12.0 Å². The molecule has 4 rings (SSSR count). The number of carbonyl (C=O) groups excluding carboxylic acids is 1. The Morgan fingerprint density at radius 2 is 1.74 bits per heavy atom. The van der Waals surface area contributed by atoms with Crippen molar-refractivity contribution < 1.29 is 22.4 Å². The molecule has 0 saturated carbocycles. The van der Waals surface area contributed by atoms with Gasteiger partial charge in [0, 0.05) is 17.9 Å². The molecule has 138 valence electrons. The molecule has 0 bridgehead atoms. The lowest BCUT2D eigenvalue weighted by molar-refractivity contribution is -0.138. The maximum atomic E-state index is 13.4. The zero-order valence-electron chi connectivity index (χ0n) is 13.8. The van der Waals surface area contributed by atoms with Crippen molar-refractivity contribution in [1.82, 2.24) is 9.78 Å². The van der Waals surface area contributed by atoms with Crippen LogP contribution >= 0.6 is 0 Å². The van der Waals surface area contributed by atoms with E-state index < -0.39 is 29.4 Å². The van der Waals surface area contributed by atoms with E-state index in [4.69, 9.17) is 0 Å². The zero-order chi connectivity index (χ0) is 19.2. The number of amides is 1. The van der Waals surface area contributed by atoms with Crippen LogP contribution in [-0.4, -0.2) is 15.7 Å². The van der Waals surface area contributed by atoms with Gasteiger partial charge in [-0.05, 0) is 35.9 Å². The maximum Gasteiger partial charge on any atom is 0.416 e. The number of nitrogens with zero attached hydrogens (tertiary/aromatic N) is 2. The number of anilines is 1. The van der Waals surface area contributed by atoms with Crippen molar-refractivity contribution in [2.24, 2.45) is 0 Å². The first kappa shape index (κ1) is 17.3. The maximum absolute atomic E-state index is 13.4. The Balaban J connectivity index is 1.84. The van der Waals surface area contributed by atoms with E-state index in [1.807, 2.05) is 0 Å². The van der Waals surface area contributed by atoms with Gasteiger partial charge in [0.1, 0.15) is 11.6 Å². The molecule has 0 aliphatic carbocycles. The Morgan fingerprint density at radius 3 is 2.44 bits per heavy atom. The summed E-state index contributed by atoms with van der Waals surface area (Å²) in [7, 11) is 0. The minimum absolute atomic E-state index is 0.0276. The lowest BCUT2D eigenvalue weighted by Gasteiger charge is -2.26. The van der Waals surface area contributed by atoms with Crippen LogP contribution in [-0.2, 0) is 11.0 Å². The molecule has 1 aliphatic rings. The molecule has 27 heavy (non-hydrogen) atoms. The number of aromatic nitrogens is 2. The Kier molecular flexibility index (Phi) is 3.98. The fourth-order valence-electron chi connectivity index (χ4n) is 3.33. The zero-order valence-corrected chi connectivity index (χ0v) is 13.8. The number of nitrogens with one attached hydrogen (secondary N) is 1. The number of hydrogen-bond donors (Lipinski definition) is 1. The highest BCUT2D eigenvalue weighted by molar-refractivity contribution is 5.94. The third kappa shape index (κ3) is 3.07. The van der Waals surface area contributed by atoms with E-state index in [1.54, 1.807) is 0 Å². The van der Waals surface area contributed by atoms with Crippen molar-refractivity contribution >= 4 is 11.7 Å². The lowest BCUT2D eigenvalue weighted by atomic mass is 9.84. The van der Waals surface area contributed by atoms with Crippen LogP contribution in [0.15, 0.2) is 54.7 Å². The van der Waals surface area contributed by atoms with Gasteiger partial charge in [0.05, 0.1) is 17.4 Å². The first-order valence-electron chi connectivity index (χ1n) is 8.14. The number of halogens is 4. The number of alkyl halides is 3. The van der Waals surface area contributed by atoms with Gasteiger partial charge in [-0.2, -0.15) is 18.3 Å². The van der Waals surface area contributed by atoms with E-state index in [1.165, 1.54) is 53.3 Å². The van der Waals surface area contributed by atoms with Crippen LogP contribution < -0.4 is 5.32 Å². The largest absolute Gasteiger partial charge is 0.416 e. The van der Waals surface area contributed by atoms with Crippen LogP contribution in [0.3, 0.4) is 0 Å². The monoisotopic (exact) mass is 375 g/mol. The Labute approximate surface area is 151 Å². The van der Waals surface area contributed by atoms with Gasteiger partial charge < -0.3 is 5.32 Å². The van der Waals surface area contributed by atoms with Crippen LogP contribution in [0.25, 0.3) is 5.69 Å². The highest BCUT2D eigenvalue weighted by atomic mass is 19.4. The second kappa shape index (κ2) is 6.22. The summed E-state index contributed by atoms with van der Waals surface area (Å²) in [4.78, 5) is 12.2. The first-order chi connectivity index (χ1) is 12.8. The molecule has 4 nitrogen and oxygen atoms in total. The molecule has 1 N–H and O–H groups in total. The molecule has 0 fully saturated rings. The highest BCUT2D eigenvalue weighted by Crippen LogP contribution is 2.43. The van der Waals surface area contributed by atoms with E-state index in [0.717, 1.165) is 6.07 Å². The molecular weight excluding hydrogens is 362 g/mol. The van der Waals surface area contributed by atoms with E-state index in [2.05, 4.69) is 10.4 Å². The molecule has 8 heteroatoms. The predicted octanol–water partition coefficient (Wildman–Crippen LogP) is 4.50. The normalized spacial score (nSPS) is 16.7. The standard InChI is InChI=1S/C19H13F4N3O/c20-11-5-7-12(8-6-11)26-18-15(10-24-26)14(9-17(27)25-18)13-3-1-2-4-16(13)19(21,22)23/h1-8,10,14H,9H2,(H,25,27). The first-order valence-corrected chi connectivity index (χ1v) is 8.14. The third-order valence-corrected chi connectivity index (χ3v) is 4.53. The minimum atomic E-state index is -4.53. The van der Waals surface area contributed by atoms with Crippen LogP contribution in [0.2, 0.25) is 0 Å². The molecule has 1 atom stereocenters. The van der Waals surface area contributed by atoms with E-state index in [0.29, 0.717) is 17.1 Å². The van der Waals surface area contributed by atoms with Crippen molar-refractivity contribution in [3.8, 4) is 5.69 Å². The Bertz CT molecular complexity index is 1010. The van der Waals surface area contributed by atoms with E-state index >= 15 is 0 Å². The lowest BCUT2D eigenvalue weighted by Crippen LogP contribution is -2.26. The van der Waals surface area contributed by atoms with Crippen LogP contribution in [0.1, 0.15) is 29.0 Å². The molecule has 0 spiro atoms. The summed E-state index contributed by atoms with van der Waals surface area (Å²) in [5, 5.41) is 6.86. The van der Waals surface area contributed by atoms with Crippen molar-refractivity contribution in [1.29, 1.82) is 0 Å². The molecule has 2 heterocycles. The van der Waals surface area contributed by atoms with Gasteiger partial charge in [-0.1, -0.05) is 18.2 Å². The minimum Gasteiger partial charge on any atom is -0.310 e. The van der Waals surface area contributed by atoms with Gasteiger partial charge in [0.25, 0.3) is 0 Å². The SMILES string of the molecule is O=C1CC(c2ccccc2C(F)(F)F)c2cnn(-c3ccc(F)cc3)c2N1. The third-order valence-electron chi connectivity index (χ3n) is 4.53. The molecule has 1 amide bonds. The van der Waals surface area contributed by atoms with Crippen molar-refractivity contribution in [2.45, 2.75) is 18.5 Å². The van der Waals surface area contributed by atoms with Gasteiger partial charge in [0.2, 0.25) is 5.91 Å². The number of carbonyl (C=O) groups is 1. The van der Waals surface area contributed by atoms with Crippen LogP contribution in [0, 0.1) is 5.82 Å². The van der Waals surface area contributed by atoms with Crippen LogP contribution in [0.5, 0.6) is 0 Å². The molecule has 0 radical (unpaired) electrons. The predicted molar refractivity (Wildman–Crippen MR) is 90.1 cm³/mol. The topological polar surface area (TPSA) is 46.9 Å². The second-order valence-electron chi connectivity index (χ2n) is 6.23. The molecule has 2 aromatic carbocycles. The number of rotatable bonds is 2. The molecular formula is C19H13F4N3O. The molecule has 1 unspecified atom stereocenters. The number of fused-ring (bicyclic) bond motifs is 1. The molecule has 3 aromatic rings. The van der Waals surface area contributed by atoms with Gasteiger partial charge in [-0.3, -0.25) is 4.79 Å². The summed E-state index contributed by atoms with van der Waals surface area (Å²) in [6.07, 6.45) is -3.21. The summed E-state index contributed by atoms with van der Waals surface area (Å²) < 4.78 is 54.8. The Morgan fingerprint density at radius 1 is 1.04 bits per heavy atom. The summed E-state index contributed by atoms with van der Waals surface area (Å²) >= 11 is 0. The van der Waals surface area contributed by atoms with E-state index in [9.17, 15) is 22.4 Å². The smallest absolute Gasteiger partial charge is 0.310 e. The second-order valence-corrected chi connectivity index (χ2v) is 6.23. The molecule has 0 saturated heterocycles. The highest BCUT2D eigenvalue weighted by Gasteiger charge is 2.38. The van der Waals surface area contributed by atoms with Crippen LogP contribution in [0.4, 0.5) is 23.4 Å². The summed E-state index contributed by atoms with van der Waals surface area (Å²) in [6, 6.07) is 10.6. The molecule has 1 aliphatic heterocycles. The quantitative estimate of drug-likeness (QED) is 0.670. The van der Waals surface area contributed by atoms with Crippen molar-refractivity contribution in [2.75, 3.05) is 5.32 Å². The molecule has 1 aromatic heterocycles. The number of benzene rings is 2. The van der Waals surface area contributed by atoms with Gasteiger partial charge in [0.15, 0.2) is 0 Å². The summed E-state index contributed by atoms with van der Waals surface area (Å²) in [5.41, 5.74) is 0.225. The average molecular weight is 375 g/mol. The fraction of sp³-hybridized carbons (Fsp3) is 0.158. The number of hydrogen-bond acceptors (Lipinski definition) is 2. The van der Waals surface area contributed by atoms with Crippen molar-refractivity contribution in [3.05, 3.63) is 77.2 Å². The fourth-order valence-corrected chi connectivity index (χ4v) is 3.33. The van der Waals surface area contributed by atoms with Gasteiger partial charge in [-0.15, -0.1) is 0 Å². The summed E-state index contributed by atoms with van der Waals surface area (Å²) in [6.45, 7) is 0. The average Bonchev–Trinajstić information content (AvgIpc) is 3.04. The van der Waals surface area contributed by atoms with Crippen molar-refractivity contribution in [3.63, 3.8) is 0 Å². The van der Waals surface area contributed by atoms with Gasteiger partial charge in [-0.25, -0.2) is 9.07 Å².